The molecule has 0 aromatic carbocycles. The first-order valence-corrected chi connectivity index (χ1v) is 3.94. The van der Waals surface area contributed by atoms with E-state index in [9.17, 15) is 18.0 Å². The van der Waals surface area contributed by atoms with Gasteiger partial charge >= 0.3 is 6.18 Å². The van der Waals surface area contributed by atoms with Crippen LogP contribution in [0, 0.1) is 0 Å². The van der Waals surface area contributed by atoms with E-state index in [1.54, 1.807) is 0 Å². The van der Waals surface area contributed by atoms with Gasteiger partial charge in [0.15, 0.2) is 5.78 Å². The predicted molar refractivity (Wildman–Crippen MR) is 44.3 cm³/mol. The van der Waals surface area contributed by atoms with Crippen LogP contribution in [0.15, 0.2) is 12.3 Å². The molecule has 0 fully saturated rings. The van der Waals surface area contributed by atoms with E-state index in [-0.39, 0.29) is 5.69 Å². The molecule has 0 saturated heterocycles. The Hall–Kier alpha value is -1.10. The van der Waals surface area contributed by atoms with Crippen LogP contribution in [-0.2, 0) is 6.18 Å². The highest BCUT2D eigenvalue weighted by atomic mass is 35.5. The van der Waals surface area contributed by atoms with Crippen molar-refractivity contribution >= 4 is 17.4 Å². The molecule has 0 N–H and O–H groups in total. The summed E-state index contributed by atoms with van der Waals surface area (Å²) in [6, 6.07) is 0.909. The van der Waals surface area contributed by atoms with E-state index >= 15 is 0 Å². The maximum absolute atomic E-state index is 12.2. The first-order chi connectivity index (χ1) is 6.32. The Kier molecular flexibility index (Phi) is 2.80. The fraction of sp³-hybridized carbons (Fsp3) is 0.250. The van der Waals surface area contributed by atoms with Crippen molar-refractivity contribution < 1.29 is 18.0 Å². The molecule has 0 unspecified atom stereocenters. The lowest BCUT2D eigenvalue weighted by Gasteiger charge is -2.08. The molecule has 0 radical (unpaired) electrons. The van der Waals surface area contributed by atoms with Gasteiger partial charge in [0.25, 0.3) is 0 Å². The summed E-state index contributed by atoms with van der Waals surface area (Å²) in [5, 5.41) is -0.516. The van der Waals surface area contributed by atoms with Crippen molar-refractivity contribution in [3.05, 3.63) is 28.5 Å². The van der Waals surface area contributed by atoms with Crippen molar-refractivity contribution in [3.8, 4) is 0 Å². The van der Waals surface area contributed by atoms with Gasteiger partial charge in [-0.15, -0.1) is 0 Å². The Morgan fingerprint density at radius 2 is 2.07 bits per heavy atom. The number of aromatic nitrogens is 1. The summed E-state index contributed by atoms with van der Waals surface area (Å²) in [6.07, 6.45) is -3.99. The molecular formula is C8H5ClF3NO. The lowest BCUT2D eigenvalue weighted by atomic mass is 10.2. The number of halogens is 4. The lowest BCUT2D eigenvalue weighted by molar-refractivity contribution is -0.137. The molecule has 0 aliphatic carbocycles. The van der Waals surface area contributed by atoms with E-state index in [1.807, 2.05) is 0 Å². The maximum atomic E-state index is 12.2. The van der Waals surface area contributed by atoms with Crippen molar-refractivity contribution in [2.45, 2.75) is 13.1 Å². The summed E-state index contributed by atoms with van der Waals surface area (Å²) < 4.78 is 36.5. The van der Waals surface area contributed by atoms with Crippen LogP contribution in [0.25, 0.3) is 0 Å². The lowest BCUT2D eigenvalue weighted by Crippen LogP contribution is -2.08. The van der Waals surface area contributed by atoms with Crippen LogP contribution < -0.4 is 0 Å². The fourth-order valence-electron chi connectivity index (χ4n) is 0.832. The summed E-state index contributed by atoms with van der Waals surface area (Å²) in [6.45, 7) is 1.20. The number of Topliss-reactive ketones (excluding diaryl/α,β-unsaturated/α-hetero) is 1. The molecule has 0 atom stereocenters. The highest BCUT2D eigenvalue weighted by Crippen LogP contribution is 2.34. The molecule has 0 aliphatic heterocycles. The standard InChI is InChI=1S/C8H5ClF3NO/c1-4(14)7-2-6(9)5(3-13-7)8(10,11)12/h2-3H,1H3. The zero-order chi connectivity index (χ0) is 10.9. The summed E-state index contributed by atoms with van der Waals surface area (Å²) >= 11 is 5.35. The van der Waals surface area contributed by atoms with Crippen molar-refractivity contribution in [2.24, 2.45) is 0 Å². The van der Waals surface area contributed by atoms with Gasteiger partial charge in [-0.05, 0) is 6.07 Å². The van der Waals surface area contributed by atoms with Gasteiger partial charge in [-0.25, -0.2) is 0 Å². The molecule has 1 heterocycles. The first kappa shape index (κ1) is 11.0. The number of ketones is 1. The minimum absolute atomic E-state index is 0.0806. The maximum Gasteiger partial charge on any atom is 0.419 e. The van der Waals surface area contributed by atoms with E-state index in [0.717, 1.165) is 6.07 Å². The summed E-state index contributed by atoms with van der Waals surface area (Å²) in [7, 11) is 0. The third-order valence-corrected chi connectivity index (χ3v) is 1.83. The summed E-state index contributed by atoms with van der Waals surface area (Å²) in [5.74, 6) is -0.430. The average Bonchev–Trinajstić information content (AvgIpc) is 2.01. The van der Waals surface area contributed by atoms with Crippen LogP contribution in [0.2, 0.25) is 5.02 Å². The second-order valence-electron chi connectivity index (χ2n) is 2.60. The Morgan fingerprint density at radius 3 is 2.43 bits per heavy atom. The monoisotopic (exact) mass is 223 g/mol. The number of carbonyl (C=O) groups excluding carboxylic acids is 1. The summed E-state index contributed by atoms with van der Waals surface area (Å²) in [5.41, 5.74) is -1.12. The van der Waals surface area contributed by atoms with Gasteiger partial charge in [-0.1, -0.05) is 11.6 Å². The van der Waals surface area contributed by atoms with Gasteiger partial charge in [0.1, 0.15) is 5.69 Å². The molecule has 76 valence electrons. The number of hydrogen-bond acceptors (Lipinski definition) is 2. The van der Waals surface area contributed by atoms with Crippen LogP contribution in [0.5, 0.6) is 0 Å². The van der Waals surface area contributed by atoms with Gasteiger partial charge in [-0.3, -0.25) is 9.78 Å². The normalized spacial score (nSPS) is 11.5. The Bertz CT molecular complexity index is 375. The van der Waals surface area contributed by atoms with Crippen LogP contribution in [-0.4, -0.2) is 10.8 Å². The Labute approximate surface area is 82.7 Å². The molecular weight excluding hydrogens is 219 g/mol. The van der Waals surface area contributed by atoms with Gasteiger partial charge < -0.3 is 0 Å². The van der Waals surface area contributed by atoms with Crippen LogP contribution in [0.4, 0.5) is 13.2 Å². The number of rotatable bonds is 1. The van der Waals surface area contributed by atoms with Crippen molar-refractivity contribution in [1.29, 1.82) is 0 Å². The first-order valence-electron chi connectivity index (χ1n) is 3.56. The van der Waals surface area contributed by atoms with Gasteiger partial charge in [0.05, 0.1) is 10.6 Å². The number of alkyl halides is 3. The van der Waals surface area contributed by atoms with Gasteiger partial charge in [0, 0.05) is 13.1 Å². The van der Waals surface area contributed by atoms with E-state index in [4.69, 9.17) is 11.6 Å². The van der Waals surface area contributed by atoms with E-state index in [1.165, 1.54) is 6.92 Å². The van der Waals surface area contributed by atoms with Crippen LogP contribution >= 0.6 is 11.6 Å². The smallest absolute Gasteiger partial charge is 0.293 e. The van der Waals surface area contributed by atoms with E-state index < -0.39 is 22.5 Å². The van der Waals surface area contributed by atoms with E-state index in [0.29, 0.717) is 6.20 Å². The van der Waals surface area contributed by atoms with Gasteiger partial charge in [0.2, 0.25) is 0 Å². The fourth-order valence-corrected chi connectivity index (χ4v) is 1.09. The molecule has 0 amide bonds. The number of nitrogens with zero attached hydrogens (tertiary/aromatic N) is 1. The van der Waals surface area contributed by atoms with E-state index in [2.05, 4.69) is 4.98 Å². The van der Waals surface area contributed by atoms with Crippen LogP contribution in [0.3, 0.4) is 0 Å². The van der Waals surface area contributed by atoms with Crippen molar-refractivity contribution in [2.75, 3.05) is 0 Å². The zero-order valence-electron chi connectivity index (χ0n) is 7.02. The molecule has 1 aromatic heterocycles. The number of pyridine rings is 1. The average molecular weight is 224 g/mol. The third kappa shape index (κ3) is 2.23. The van der Waals surface area contributed by atoms with Crippen molar-refractivity contribution in [3.63, 3.8) is 0 Å². The molecule has 0 bridgehead atoms. The minimum atomic E-state index is -4.54. The molecule has 0 aliphatic rings. The quantitative estimate of drug-likeness (QED) is 0.685. The van der Waals surface area contributed by atoms with Crippen molar-refractivity contribution in [1.82, 2.24) is 4.98 Å². The second kappa shape index (κ2) is 3.57. The second-order valence-corrected chi connectivity index (χ2v) is 3.01. The molecule has 14 heavy (non-hydrogen) atoms. The molecule has 1 rings (SSSR count). The summed E-state index contributed by atoms with van der Waals surface area (Å²) in [4.78, 5) is 14.1. The predicted octanol–water partition coefficient (Wildman–Crippen LogP) is 2.96. The van der Waals surface area contributed by atoms with Crippen LogP contribution in [0.1, 0.15) is 23.0 Å². The Morgan fingerprint density at radius 1 is 1.50 bits per heavy atom. The third-order valence-electron chi connectivity index (χ3n) is 1.52. The van der Waals surface area contributed by atoms with Gasteiger partial charge in [-0.2, -0.15) is 13.2 Å². The SMILES string of the molecule is CC(=O)c1cc(Cl)c(C(F)(F)F)cn1. The zero-order valence-corrected chi connectivity index (χ0v) is 7.78. The number of carbonyl (C=O) groups is 1. The topological polar surface area (TPSA) is 30.0 Å². The molecule has 0 spiro atoms. The Balaban J connectivity index is 3.21. The highest BCUT2D eigenvalue weighted by Gasteiger charge is 2.33. The largest absolute Gasteiger partial charge is 0.419 e. The number of hydrogen-bond donors (Lipinski definition) is 0. The highest BCUT2D eigenvalue weighted by molar-refractivity contribution is 6.31. The molecule has 2 nitrogen and oxygen atoms in total. The molecule has 1 aromatic rings. The molecule has 6 heteroatoms. The minimum Gasteiger partial charge on any atom is -0.293 e. The molecule has 0 saturated carbocycles.